The predicted molar refractivity (Wildman–Crippen MR) is 97.9 cm³/mol. The van der Waals surface area contributed by atoms with Crippen LogP contribution < -0.4 is 9.62 Å². The van der Waals surface area contributed by atoms with Gasteiger partial charge in [0.15, 0.2) is 0 Å². The molecule has 0 aliphatic carbocycles. The van der Waals surface area contributed by atoms with Crippen molar-refractivity contribution in [1.82, 2.24) is 4.72 Å². The van der Waals surface area contributed by atoms with E-state index in [0.717, 1.165) is 11.1 Å². The van der Waals surface area contributed by atoms with Crippen molar-refractivity contribution in [2.24, 2.45) is 0 Å². The van der Waals surface area contributed by atoms with Gasteiger partial charge in [0.1, 0.15) is 0 Å². The first-order valence-corrected chi connectivity index (χ1v) is 9.45. The van der Waals surface area contributed by atoms with Crippen molar-refractivity contribution in [3.63, 3.8) is 0 Å². The Balaban J connectivity index is 2.53. The normalized spacial score (nSPS) is 13.2. The number of nitrogens with zero attached hydrogens (tertiary/aromatic N) is 1. The first-order chi connectivity index (χ1) is 10.9. The summed E-state index contributed by atoms with van der Waals surface area (Å²) in [6.45, 7) is -0.256. The molecule has 0 spiro atoms. The maximum atomic E-state index is 12.7. The third-order valence-corrected chi connectivity index (χ3v) is 5.49. The van der Waals surface area contributed by atoms with E-state index in [-0.39, 0.29) is 11.5 Å². The lowest BCUT2D eigenvalue weighted by Crippen LogP contribution is -2.37. The van der Waals surface area contributed by atoms with Crippen molar-refractivity contribution in [2.45, 2.75) is 17.4 Å². The molecule has 0 aromatic heterocycles. The van der Waals surface area contributed by atoms with Gasteiger partial charge in [0.05, 0.1) is 11.5 Å². The van der Waals surface area contributed by atoms with Crippen molar-refractivity contribution in [3.8, 4) is 0 Å². The predicted octanol–water partition coefficient (Wildman–Crippen LogP) is 1.86. The Morgan fingerprint density at radius 3 is 2.43 bits per heavy atom. The van der Waals surface area contributed by atoms with E-state index in [1.54, 1.807) is 18.2 Å². The lowest BCUT2D eigenvalue weighted by molar-refractivity contribution is 0.254. The molecular weight excluding hydrogens is 332 g/mol. The number of hydrogen-bond acceptors (Lipinski definition) is 5. The number of aliphatic hydroxyl groups excluding tert-OH is 1. The minimum absolute atomic E-state index is 0.219. The Labute approximate surface area is 142 Å². The van der Waals surface area contributed by atoms with Crippen LogP contribution in [0.2, 0.25) is 0 Å². The zero-order valence-electron chi connectivity index (χ0n) is 13.2. The van der Waals surface area contributed by atoms with E-state index < -0.39 is 16.1 Å². The van der Waals surface area contributed by atoms with Crippen molar-refractivity contribution in [1.29, 1.82) is 0 Å². The van der Waals surface area contributed by atoms with E-state index in [1.165, 1.54) is 0 Å². The molecule has 0 saturated heterocycles. The third kappa shape index (κ3) is 3.98. The maximum Gasteiger partial charge on any atom is 0.241 e. The Kier molecular flexibility index (Phi) is 5.91. The molecule has 0 radical (unpaired) electrons. The van der Waals surface area contributed by atoms with Crippen LogP contribution in [-0.2, 0) is 10.0 Å². The minimum atomic E-state index is -3.73. The highest BCUT2D eigenvalue weighted by atomic mass is 32.2. The number of anilines is 1. The largest absolute Gasteiger partial charge is 0.395 e. The fourth-order valence-electron chi connectivity index (χ4n) is 2.52. The van der Waals surface area contributed by atoms with Gasteiger partial charge in [-0.3, -0.25) is 0 Å². The number of benzene rings is 2. The van der Waals surface area contributed by atoms with Crippen LogP contribution in [0.5, 0.6) is 0 Å². The van der Waals surface area contributed by atoms with Gasteiger partial charge in [-0.05, 0) is 24.3 Å². The molecule has 0 heterocycles. The van der Waals surface area contributed by atoms with Gasteiger partial charge >= 0.3 is 0 Å². The van der Waals surface area contributed by atoms with Crippen LogP contribution in [0.25, 0.3) is 10.8 Å². The van der Waals surface area contributed by atoms with Gasteiger partial charge in [-0.15, -0.1) is 0 Å². The molecule has 7 heteroatoms. The Bertz CT molecular complexity index is 776. The summed E-state index contributed by atoms with van der Waals surface area (Å²) >= 11 is 4.09. The number of nitrogens with one attached hydrogen (secondary N) is 1. The summed E-state index contributed by atoms with van der Waals surface area (Å²) in [5.74, 6) is 0.494. The molecule has 0 aliphatic rings. The number of fused-ring (bicyclic) bond motifs is 1. The molecular formula is C16H22N2O3S2. The lowest BCUT2D eigenvalue weighted by atomic mass is 10.1. The zero-order chi connectivity index (χ0) is 17.0. The molecule has 23 heavy (non-hydrogen) atoms. The molecule has 2 aromatic carbocycles. The van der Waals surface area contributed by atoms with Gasteiger partial charge in [0.25, 0.3) is 0 Å². The number of rotatable bonds is 7. The van der Waals surface area contributed by atoms with Gasteiger partial charge < -0.3 is 10.0 Å². The number of sulfonamides is 1. The fourth-order valence-corrected chi connectivity index (χ4v) is 4.31. The average molecular weight is 354 g/mol. The van der Waals surface area contributed by atoms with Crippen LogP contribution >= 0.6 is 12.6 Å². The highest BCUT2D eigenvalue weighted by Crippen LogP contribution is 2.30. The molecule has 0 bridgehead atoms. The van der Waals surface area contributed by atoms with Gasteiger partial charge in [0.2, 0.25) is 10.0 Å². The third-order valence-electron chi connectivity index (χ3n) is 3.65. The molecule has 1 unspecified atom stereocenters. The number of hydrogen-bond donors (Lipinski definition) is 3. The summed E-state index contributed by atoms with van der Waals surface area (Å²) in [6.07, 6.45) is 0.465. The molecule has 0 amide bonds. The number of aliphatic hydroxyl groups is 1. The van der Waals surface area contributed by atoms with Crippen LogP contribution in [0.1, 0.15) is 6.42 Å². The van der Waals surface area contributed by atoms with Crippen molar-refractivity contribution in [2.75, 3.05) is 31.4 Å². The monoisotopic (exact) mass is 354 g/mol. The van der Waals surface area contributed by atoms with E-state index in [9.17, 15) is 13.5 Å². The van der Waals surface area contributed by atoms with Crippen molar-refractivity contribution < 1.29 is 13.5 Å². The van der Waals surface area contributed by atoms with E-state index in [4.69, 9.17) is 0 Å². The highest BCUT2D eigenvalue weighted by Gasteiger charge is 2.22. The maximum absolute atomic E-state index is 12.7. The number of thiol groups is 1. The van der Waals surface area contributed by atoms with Crippen LogP contribution in [0.15, 0.2) is 41.3 Å². The molecule has 2 rings (SSSR count). The van der Waals surface area contributed by atoms with E-state index >= 15 is 0 Å². The summed E-state index contributed by atoms with van der Waals surface area (Å²) in [6, 6.07) is 10.3. The summed E-state index contributed by atoms with van der Waals surface area (Å²) in [7, 11) is 0.113. The van der Waals surface area contributed by atoms with E-state index in [1.807, 2.05) is 37.2 Å². The standard InChI is InChI=1S/C16H22N2O3S2/c1-18(2)15-7-3-6-14-13(15)5-4-8-16(14)23(20,21)17-12(11-19)9-10-22/h3-8,12,17,19,22H,9-11H2,1-2H3. The zero-order valence-corrected chi connectivity index (χ0v) is 14.9. The van der Waals surface area contributed by atoms with Crippen LogP contribution in [0, 0.1) is 0 Å². The summed E-state index contributed by atoms with van der Waals surface area (Å²) in [5, 5.41) is 10.9. The first-order valence-electron chi connectivity index (χ1n) is 7.34. The van der Waals surface area contributed by atoms with Gasteiger partial charge in [-0.1, -0.05) is 24.3 Å². The van der Waals surface area contributed by atoms with E-state index in [2.05, 4.69) is 17.4 Å². The van der Waals surface area contributed by atoms with Crippen LogP contribution in [0.4, 0.5) is 5.69 Å². The van der Waals surface area contributed by atoms with Crippen molar-refractivity contribution >= 4 is 39.1 Å². The molecule has 0 saturated carbocycles. The van der Waals surface area contributed by atoms with Crippen molar-refractivity contribution in [3.05, 3.63) is 36.4 Å². The lowest BCUT2D eigenvalue weighted by Gasteiger charge is -2.19. The minimum Gasteiger partial charge on any atom is -0.395 e. The Hall–Kier alpha value is -1.28. The summed E-state index contributed by atoms with van der Waals surface area (Å²) in [5.41, 5.74) is 0.952. The molecule has 126 valence electrons. The quantitative estimate of drug-likeness (QED) is 0.664. The van der Waals surface area contributed by atoms with Crippen LogP contribution in [0.3, 0.4) is 0 Å². The second kappa shape index (κ2) is 7.53. The van der Waals surface area contributed by atoms with Gasteiger partial charge in [0, 0.05) is 36.6 Å². The molecule has 2 N–H and O–H groups in total. The van der Waals surface area contributed by atoms with Gasteiger partial charge in [-0.2, -0.15) is 12.6 Å². The summed E-state index contributed by atoms with van der Waals surface area (Å²) < 4.78 is 28.0. The van der Waals surface area contributed by atoms with Crippen LogP contribution in [-0.4, -0.2) is 46.0 Å². The molecule has 0 aliphatic heterocycles. The van der Waals surface area contributed by atoms with Gasteiger partial charge in [-0.25, -0.2) is 13.1 Å². The SMILES string of the molecule is CN(C)c1cccc2c(S(=O)(=O)NC(CO)CCS)cccc12. The molecule has 5 nitrogen and oxygen atoms in total. The highest BCUT2D eigenvalue weighted by molar-refractivity contribution is 7.89. The molecule has 0 fully saturated rings. The molecule has 2 aromatic rings. The second-order valence-corrected chi connectivity index (χ2v) is 7.67. The summed E-state index contributed by atoms with van der Waals surface area (Å²) in [4.78, 5) is 2.17. The Morgan fingerprint density at radius 1 is 1.17 bits per heavy atom. The first kappa shape index (κ1) is 18.1. The van der Waals surface area contributed by atoms with E-state index in [0.29, 0.717) is 17.6 Å². The second-order valence-electron chi connectivity index (χ2n) is 5.54. The smallest absolute Gasteiger partial charge is 0.241 e. The molecule has 1 atom stereocenters. The topological polar surface area (TPSA) is 69.6 Å². The Morgan fingerprint density at radius 2 is 1.83 bits per heavy atom. The average Bonchev–Trinajstić information content (AvgIpc) is 2.52. The fraction of sp³-hybridized carbons (Fsp3) is 0.375.